The molecule has 0 aromatic heterocycles. The number of unbranched alkanes of at least 4 members (excludes halogenated alkanes) is 1. The fourth-order valence-corrected chi connectivity index (χ4v) is 3.15. The Hall–Kier alpha value is -1.00. The lowest BCUT2D eigenvalue weighted by Crippen LogP contribution is -2.31. The third-order valence-corrected chi connectivity index (χ3v) is 4.50. The number of thioether (sulfide) groups is 1. The molecule has 1 fully saturated rings. The van der Waals surface area contributed by atoms with Gasteiger partial charge in [-0.3, -0.25) is 10.1 Å². The number of nitrogens with one attached hydrogen (secondary N) is 1. The first-order valence-corrected chi connectivity index (χ1v) is 8.62. The zero-order valence-electron chi connectivity index (χ0n) is 12.6. The number of carbonyl (C=O) groups is 1. The molecule has 0 spiro atoms. The van der Waals surface area contributed by atoms with E-state index in [9.17, 15) is 4.79 Å². The van der Waals surface area contributed by atoms with E-state index in [0.29, 0.717) is 6.54 Å². The van der Waals surface area contributed by atoms with E-state index in [2.05, 4.69) is 43.6 Å². The minimum atomic E-state index is 0.0525. The van der Waals surface area contributed by atoms with E-state index >= 15 is 0 Å². The largest absolute Gasteiger partial charge is 0.322 e. The Morgan fingerprint density at radius 2 is 2.15 bits per heavy atom. The highest BCUT2D eigenvalue weighted by atomic mass is 32.2. The van der Waals surface area contributed by atoms with Gasteiger partial charge >= 0.3 is 0 Å². The van der Waals surface area contributed by atoms with Gasteiger partial charge in [-0.15, -0.1) is 0 Å². The Bertz CT molecular complexity index is 476. The molecular weight excluding hydrogens is 268 g/mol. The molecule has 1 aromatic rings. The quantitative estimate of drug-likeness (QED) is 0.818. The molecule has 0 saturated carbocycles. The molecule has 1 aliphatic heterocycles. The molecule has 110 valence electrons. The van der Waals surface area contributed by atoms with Gasteiger partial charge in [0.25, 0.3) is 0 Å². The van der Waals surface area contributed by atoms with Crippen LogP contribution in [0.2, 0.25) is 0 Å². The summed E-state index contributed by atoms with van der Waals surface area (Å²) in [4.78, 5) is 14.1. The molecule has 1 aromatic carbocycles. The Balaban J connectivity index is 2.09. The third-order valence-electron chi connectivity index (χ3n) is 3.81. The van der Waals surface area contributed by atoms with Crippen molar-refractivity contribution < 1.29 is 4.79 Å². The fourth-order valence-electron chi connectivity index (χ4n) is 2.65. The van der Waals surface area contributed by atoms with Crippen LogP contribution >= 0.6 is 11.8 Å². The summed E-state index contributed by atoms with van der Waals surface area (Å²) in [5.74, 6) is 1.39. The fraction of sp³-hybridized carbons (Fsp3) is 0.562. The van der Waals surface area contributed by atoms with Gasteiger partial charge < -0.3 is 4.90 Å². The molecule has 1 heterocycles. The molecule has 1 N–H and O–H groups in total. The van der Waals surface area contributed by atoms with E-state index in [4.69, 9.17) is 0 Å². The zero-order valence-corrected chi connectivity index (χ0v) is 13.4. The second-order valence-electron chi connectivity index (χ2n) is 5.43. The monoisotopic (exact) mass is 292 g/mol. The molecule has 0 radical (unpaired) electrons. The third kappa shape index (κ3) is 3.55. The number of hydrogen-bond acceptors (Lipinski definition) is 3. The normalized spacial score (nSPS) is 18.9. The number of aryl methyl sites for hydroxylation is 2. The highest BCUT2D eigenvalue weighted by molar-refractivity contribution is 7.98. The number of carbonyl (C=O) groups excluding carboxylic acids is 1. The van der Waals surface area contributed by atoms with E-state index < -0.39 is 0 Å². The lowest BCUT2D eigenvalue weighted by Gasteiger charge is -2.26. The van der Waals surface area contributed by atoms with E-state index in [1.54, 1.807) is 0 Å². The molecule has 2 rings (SSSR count). The molecule has 0 aliphatic carbocycles. The minimum absolute atomic E-state index is 0.0525. The van der Waals surface area contributed by atoms with Crippen molar-refractivity contribution in [3.05, 3.63) is 34.9 Å². The first-order chi connectivity index (χ1) is 9.63. The van der Waals surface area contributed by atoms with E-state index in [1.165, 1.54) is 28.9 Å². The van der Waals surface area contributed by atoms with Crippen molar-refractivity contribution in [3.8, 4) is 0 Å². The molecule has 1 unspecified atom stereocenters. The van der Waals surface area contributed by atoms with Crippen LogP contribution in [0.4, 0.5) is 0 Å². The van der Waals surface area contributed by atoms with Crippen LogP contribution in [0.1, 0.15) is 35.7 Å². The highest BCUT2D eigenvalue weighted by Crippen LogP contribution is 2.26. The molecule has 4 heteroatoms. The standard InChI is InChI=1S/C16H24N2OS/c1-12-6-7-13(2)14(10-12)16-17-11-15(19)18(16)8-4-5-9-20-3/h6-7,10,16-17H,4-5,8-9,11H2,1-3H3. The Morgan fingerprint density at radius 1 is 1.35 bits per heavy atom. The number of amides is 1. The van der Waals surface area contributed by atoms with Gasteiger partial charge in [0.1, 0.15) is 6.17 Å². The maximum Gasteiger partial charge on any atom is 0.238 e. The molecule has 3 nitrogen and oxygen atoms in total. The van der Waals surface area contributed by atoms with Crippen molar-refractivity contribution in [1.82, 2.24) is 10.2 Å². The number of nitrogens with zero attached hydrogens (tertiary/aromatic N) is 1. The lowest BCUT2D eigenvalue weighted by atomic mass is 10.0. The Kier molecular flexibility index (Phi) is 5.49. The van der Waals surface area contributed by atoms with Crippen molar-refractivity contribution in [2.75, 3.05) is 25.1 Å². The van der Waals surface area contributed by atoms with Crippen molar-refractivity contribution in [2.24, 2.45) is 0 Å². The number of benzene rings is 1. The Morgan fingerprint density at radius 3 is 2.90 bits per heavy atom. The molecular formula is C16H24N2OS. The molecule has 1 atom stereocenters. The van der Waals surface area contributed by atoms with Gasteiger partial charge in [0.05, 0.1) is 6.54 Å². The van der Waals surface area contributed by atoms with Gasteiger partial charge in [0.15, 0.2) is 0 Å². The maximum absolute atomic E-state index is 12.1. The topological polar surface area (TPSA) is 32.3 Å². The van der Waals surface area contributed by atoms with Gasteiger partial charge in [-0.05, 0) is 49.8 Å². The molecule has 1 saturated heterocycles. The highest BCUT2D eigenvalue weighted by Gasteiger charge is 2.31. The van der Waals surface area contributed by atoms with Gasteiger partial charge in [-0.2, -0.15) is 11.8 Å². The van der Waals surface area contributed by atoms with Crippen LogP contribution in [0.5, 0.6) is 0 Å². The van der Waals surface area contributed by atoms with Gasteiger partial charge in [-0.25, -0.2) is 0 Å². The van der Waals surface area contributed by atoms with E-state index in [1.807, 2.05) is 16.7 Å². The lowest BCUT2D eigenvalue weighted by molar-refractivity contribution is -0.128. The van der Waals surface area contributed by atoms with Gasteiger partial charge in [-0.1, -0.05) is 23.8 Å². The second-order valence-corrected chi connectivity index (χ2v) is 6.42. The van der Waals surface area contributed by atoms with E-state index in [0.717, 1.165) is 13.0 Å². The summed E-state index contributed by atoms with van der Waals surface area (Å²) in [7, 11) is 0. The number of hydrogen-bond donors (Lipinski definition) is 1. The van der Waals surface area contributed by atoms with Crippen LogP contribution in [0.15, 0.2) is 18.2 Å². The van der Waals surface area contributed by atoms with Crippen molar-refractivity contribution in [2.45, 2.75) is 32.9 Å². The van der Waals surface area contributed by atoms with Crippen LogP contribution in [-0.2, 0) is 4.79 Å². The van der Waals surface area contributed by atoms with Crippen LogP contribution in [0, 0.1) is 13.8 Å². The van der Waals surface area contributed by atoms with Crippen molar-refractivity contribution in [3.63, 3.8) is 0 Å². The summed E-state index contributed by atoms with van der Waals surface area (Å²) in [6, 6.07) is 6.46. The molecule has 0 bridgehead atoms. The smallest absolute Gasteiger partial charge is 0.238 e. The van der Waals surface area contributed by atoms with Crippen LogP contribution < -0.4 is 5.32 Å². The molecule has 1 aliphatic rings. The summed E-state index contributed by atoms with van der Waals surface area (Å²) in [6.45, 7) is 5.53. The SMILES string of the molecule is CSCCCCN1C(=O)CNC1c1cc(C)ccc1C. The predicted molar refractivity (Wildman–Crippen MR) is 86.0 cm³/mol. The summed E-state index contributed by atoms with van der Waals surface area (Å²) in [5.41, 5.74) is 3.73. The summed E-state index contributed by atoms with van der Waals surface area (Å²) in [6.07, 6.45) is 4.43. The van der Waals surface area contributed by atoms with Crippen molar-refractivity contribution in [1.29, 1.82) is 0 Å². The second kappa shape index (κ2) is 7.14. The maximum atomic E-state index is 12.1. The first-order valence-electron chi connectivity index (χ1n) is 7.22. The van der Waals surface area contributed by atoms with E-state index in [-0.39, 0.29) is 12.1 Å². The molecule has 20 heavy (non-hydrogen) atoms. The summed E-state index contributed by atoms with van der Waals surface area (Å²) in [5, 5.41) is 3.35. The van der Waals surface area contributed by atoms with Crippen molar-refractivity contribution >= 4 is 17.7 Å². The first kappa shape index (κ1) is 15.4. The van der Waals surface area contributed by atoms with Crippen LogP contribution in [-0.4, -0.2) is 35.9 Å². The minimum Gasteiger partial charge on any atom is -0.322 e. The average molecular weight is 292 g/mol. The number of rotatable bonds is 6. The predicted octanol–water partition coefficient (Wildman–Crippen LogP) is 2.88. The summed E-state index contributed by atoms with van der Waals surface area (Å²) < 4.78 is 0. The average Bonchev–Trinajstić information content (AvgIpc) is 2.79. The zero-order chi connectivity index (χ0) is 14.5. The van der Waals surface area contributed by atoms with Gasteiger partial charge in [0.2, 0.25) is 5.91 Å². The van der Waals surface area contributed by atoms with Crippen LogP contribution in [0.3, 0.4) is 0 Å². The Labute approximate surface area is 126 Å². The molecule has 1 amide bonds. The summed E-state index contributed by atoms with van der Waals surface area (Å²) >= 11 is 1.87. The van der Waals surface area contributed by atoms with Crippen LogP contribution in [0.25, 0.3) is 0 Å². The van der Waals surface area contributed by atoms with Gasteiger partial charge in [0, 0.05) is 6.54 Å².